The summed E-state index contributed by atoms with van der Waals surface area (Å²) in [5, 5.41) is 3.68. The molecule has 18 heavy (non-hydrogen) atoms. The number of nitrogens with one attached hydrogen (secondary N) is 1. The fourth-order valence-electron chi connectivity index (χ4n) is 1.40. The van der Waals surface area contributed by atoms with E-state index in [0.717, 1.165) is 11.8 Å². The zero-order valence-electron chi connectivity index (χ0n) is 10.4. The Hall–Kier alpha value is -1.07. The third-order valence-electron chi connectivity index (χ3n) is 2.30. The number of hydrogen-bond donors (Lipinski definition) is 1. The normalized spacial score (nSPS) is 10.1. The number of carbonyl (C=O) groups is 1. The molecule has 0 heterocycles. The van der Waals surface area contributed by atoms with Gasteiger partial charge in [0.15, 0.2) is 0 Å². The van der Waals surface area contributed by atoms with Gasteiger partial charge in [-0.3, -0.25) is 4.79 Å². The highest BCUT2D eigenvalue weighted by Gasteiger charge is 2.05. The van der Waals surface area contributed by atoms with Crippen LogP contribution < -0.4 is 10.1 Å². The van der Waals surface area contributed by atoms with Crippen LogP contribution in [-0.2, 0) is 4.74 Å². The molecule has 1 N–H and O–H groups in total. The lowest BCUT2D eigenvalue weighted by Crippen LogP contribution is -2.25. The van der Waals surface area contributed by atoms with E-state index in [1.54, 1.807) is 25.3 Å². The van der Waals surface area contributed by atoms with E-state index in [2.05, 4.69) is 21.2 Å². The highest BCUT2D eigenvalue weighted by Crippen LogP contribution is 2.12. The van der Waals surface area contributed by atoms with Crippen molar-refractivity contribution in [2.24, 2.45) is 0 Å². The standard InChI is InChI=1S/C13H18BrNO3/c1-17-12-5-2-4-11(10-12)13(16)15-7-3-8-18-9-6-14/h2,4-5,10H,3,6-9H2,1H3,(H,15,16). The van der Waals surface area contributed by atoms with Crippen molar-refractivity contribution in [3.8, 4) is 5.75 Å². The van der Waals surface area contributed by atoms with Crippen molar-refractivity contribution in [2.75, 3.05) is 32.2 Å². The molecule has 1 rings (SSSR count). The molecule has 0 aliphatic carbocycles. The lowest BCUT2D eigenvalue weighted by Gasteiger charge is -2.06. The van der Waals surface area contributed by atoms with Crippen molar-refractivity contribution in [2.45, 2.75) is 6.42 Å². The topological polar surface area (TPSA) is 47.6 Å². The molecule has 0 bridgehead atoms. The largest absolute Gasteiger partial charge is 0.497 e. The molecule has 1 amide bonds. The van der Waals surface area contributed by atoms with Gasteiger partial charge in [0.25, 0.3) is 5.91 Å². The van der Waals surface area contributed by atoms with Gasteiger partial charge >= 0.3 is 0 Å². The first-order chi connectivity index (χ1) is 8.77. The Kier molecular flexibility index (Phi) is 7.44. The Bertz CT molecular complexity index is 371. The summed E-state index contributed by atoms with van der Waals surface area (Å²) in [6.07, 6.45) is 0.808. The van der Waals surface area contributed by atoms with E-state index in [4.69, 9.17) is 9.47 Å². The zero-order chi connectivity index (χ0) is 13.2. The minimum absolute atomic E-state index is 0.0885. The van der Waals surface area contributed by atoms with Crippen LogP contribution in [0.3, 0.4) is 0 Å². The number of hydrogen-bond acceptors (Lipinski definition) is 3. The first kappa shape index (κ1) is 15.0. The molecule has 5 heteroatoms. The lowest BCUT2D eigenvalue weighted by atomic mass is 10.2. The number of methoxy groups -OCH3 is 1. The van der Waals surface area contributed by atoms with Gasteiger partial charge in [-0.05, 0) is 24.6 Å². The molecule has 0 aliphatic heterocycles. The third kappa shape index (κ3) is 5.51. The van der Waals surface area contributed by atoms with Crippen LogP contribution in [0.4, 0.5) is 0 Å². The number of carbonyl (C=O) groups excluding carboxylic acids is 1. The van der Waals surface area contributed by atoms with E-state index in [1.807, 2.05) is 6.07 Å². The summed E-state index contributed by atoms with van der Waals surface area (Å²) in [7, 11) is 1.58. The summed E-state index contributed by atoms with van der Waals surface area (Å²) in [5.41, 5.74) is 0.607. The van der Waals surface area contributed by atoms with Crippen LogP contribution in [-0.4, -0.2) is 38.1 Å². The number of alkyl halides is 1. The van der Waals surface area contributed by atoms with Crippen LogP contribution in [0, 0.1) is 0 Å². The molecule has 0 unspecified atom stereocenters. The molecule has 1 aromatic carbocycles. The molecule has 0 aromatic heterocycles. The number of rotatable bonds is 8. The predicted molar refractivity (Wildman–Crippen MR) is 74.6 cm³/mol. The van der Waals surface area contributed by atoms with Crippen molar-refractivity contribution >= 4 is 21.8 Å². The van der Waals surface area contributed by atoms with E-state index < -0.39 is 0 Å². The van der Waals surface area contributed by atoms with Gasteiger partial charge in [0.05, 0.1) is 13.7 Å². The van der Waals surface area contributed by atoms with Crippen molar-refractivity contribution in [1.29, 1.82) is 0 Å². The van der Waals surface area contributed by atoms with Crippen LogP contribution in [0.1, 0.15) is 16.8 Å². The van der Waals surface area contributed by atoms with Crippen molar-refractivity contribution < 1.29 is 14.3 Å². The Balaban J connectivity index is 2.27. The summed E-state index contributed by atoms with van der Waals surface area (Å²) in [6.45, 7) is 1.96. The van der Waals surface area contributed by atoms with Gasteiger partial charge in [-0.15, -0.1) is 0 Å². The van der Waals surface area contributed by atoms with Crippen molar-refractivity contribution in [1.82, 2.24) is 5.32 Å². The highest BCUT2D eigenvalue weighted by atomic mass is 79.9. The first-order valence-electron chi connectivity index (χ1n) is 5.84. The number of ether oxygens (including phenoxy) is 2. The van der Waals surface area contributed by atoms with Gasteiger partial charge in [0.1, 0.15) is 5.75 Å². The molecule has 0 spiro atoms. The second kappa shape index (κ2) is 8.94. The van der Waals surface area contributed by atoms with E-state index in [0.29, 0.717) is 31.1 Å². The van der Waals surface area contributed by atoms with E-state index in [-0.39, 0.29) is 5.91 Å². The van der Waals surface area contributed by atoms with Crippen LogP contribution in [0.15, 0.2) is 24.3 Å². The van der Waals surface area contributed by atoms with Gasteiger partial charge in [-0.25, -0.2) is 0 Å². The Morgan fingerprint density at radius 3 is 2.94 bits per heavy atom. The highest BCUT2D eigenvalue weighted by molar-refractivity contribution is 9.09. The Morgan fingerprint density at radius 1 is 1.39 bits per heavy atom. The van der Waals surface area contributed by atoms with Gasteiger partial charge in [0.2, 0.25) is 0 Å². The maximum atomic E-state index is 11.8. The fraction of sp³-hybridized carbons (Fsp3) is 0.462. The quantitative estimate of drug-likeness (QED) is 0.591. The molecule has 0 atom stereocenters. The van der Waals surface area contributed by atoms with Crippen molar-refractivity contribution in [3.05, 3.63) is 29.8 Å². The number of halogens is 1. The van der Waals surface area contributed by atoms with Crippen LogP contribution in [0.25, 0.3) is 0 Å². The Morgan fingerprint density at radius 2 is 2.22 bits per heavy atom. The smallest absolute Gasteiger partial charge is 0.251 e. The monoisotopic (exact) mass is 315 g/mol. The maximum absolute atomic E-state index is 11.8. The third-order valence-corrected chi connectivity index (χ3v) is 2.63. The summed E-state index contributed by atoms with van der Waals surface area (Å²) < 4.78 is 10.4. The second-order valence-electron chi connectivity index (χ2n) is 3.64. The average molecular weight is 316 g/mol. The second-order valence-corrected chi connectivity index (χ2v) is 4.44. The summed E-state index contributed by atoms with van der Waals surface area (Å²) in [6, 6.07) is 7.09. The molecular formula is C13H18BrNO3. The first-order valence-corrected chi connectivity index (χ1v) is 6.96. The molecule has 1 aromatic rings. The van der Waals surface area contributed by atoms with Gasteiger partial charge in [0, 0.05) is 24.0 Å². The molecular weight excluding hydrogens is 298 g/mol. The molecule has 0 aliphatic rings. The molecule has 0 saturated heterocycles. The predicted octanol–water partition coefficient (Wildman–Crippen LogP) is 2.23. The van der Waals surface area contributed by atoms with E-state index in [9.17, 15) is 4.79 Å². The zero-order valence-corrected chi connectivity index (χ0v) is 12.0. The van der Waals surface area contributed by atoms with E-state index in [1.165, 1.54) is 0 Å². The minimum atomic E-state index is -0.0885. The minimum Gasteiger partial charge on any atom is -0.497 e. The van der Waals surface area contributed by atoms with Crippen LogP contribution >= 0.6 is 15.9 Å². The molecule has 0 saturated carbocycles. The Labute approximate surface area is 116 Å². The van der Waals surface area contributed by atoms with Gasteiger partial charge in [-0.2, -0.15) is 0 Å². The summed E-state index contributed by atoms with van der Waals surface area (Å²) in [4.78, 5) is 11.8. The SMILES string of the molecule is COc1cccc(C(=O)NCCCOCCBr)c1. The van der Waals surface area contributed by atoms with Gasteiger partial charge in [-0.1, -0.05) is 22.0 Å². The molecule has 0 radical (unpaired) electrons. The number of amides is 1. The van der Waals surface area contributed by atoms with Crippen LogP contribution in [0.2, 0.25) is 0 Å². The summed E-state index contributed by atoms with van der Waals surface area (Å²) >= 11 is 3.28. The molecule has 4 nitrogen and oxygen atoms in total. The molecule has 0 fully saturated rings. The maximum Gasteiger partial charge on any atom is 0.251 e. The number of benzene rings is 1. The average Bonchev–Trinajstić information content (AvgIpc) is 2.42. The summed E-state index contributed by atoms with van der Waals surface area (Å²) in [5.74, 6) is 0.595. The van der Waals surface area contributed by atoms with Crippen LogP contribution in [0.5, 0.6) is 5.75 Å². The van der Waals surface area contributed by atoms with E-state index >= 15 is 0 Å². The molecule has 100 valence electrons. The lowest BCUT2D eigenvalue weighted by molar-refractivity contribution is 0.0944. The van der Waals surface area contributed by atoms with Gasteiger partial charge < -0.3 is 14.8 Å². The van der Waals surface area contributed by atoms with Crippen molar-refractivity contribution in [3.63, 3.8) is 0 Å². The fourth-order valence-corrected chi connectivity index (χ4v) is 1.63.